The lowest BCUT2D eigenvalue weighted by Crippen LogP contribution is -2.10. The number of benzene rings is 1. The third-order valence-electron chi connectivity index (χ3n) is 2.64. The van der Waals surface area contributed by atoms with Gasteiger partial charge in [-0.2, -0.15) is 0 Å². The number of hydrogen-bond acceptors (Lipinski definition) is 3. The molecule has 0 saturated heterocycles. The van der Waals surface area contributed by atoms with Crippen molar-refractivity contribution in [3.8, 4) is 10.6 Å². The SMILES string of the molecule is CC(C)C(=O)Cc1csc(-c2ccc(F)cc2)n1. The quantitative estimate of drug-likeness (QED) is 0.841. The number of aromatic nitrogens is 1. The Labute approximate surface area is 110 Å². The van der Waals surface area contributed by atoms with E-state index in [4.69, 9.17) is 0 Å². The molecule has 2 aromatic rings. The van der Waals surface area contributed by atoms with Crippen LogP contribution in [0.2, 0.25) is 0 Å². The number of halogens is 1. The predicted octanol–water partition coefficient (Wildman–Crippen LogP) is 3.72. The van der Waals surface area contributed by atoms with Crippen LogP contribution in [0, 0.1) is 11.7 Å². The van der Waals surface area contributed by atoms with Gasteiger partial charge in [0.2, 0.25) is 0 Å². The van der Waals surface area contributed by atoms with Gasteiger partial charge in [0.05, 0.1) is 5.69 Å². The molecule has 0 saturated carbocycles. The van der Waals surface area contributed by atoms with Crippen molar-refractivity contribution in [2.24, 2.45) is 5.92 Å². The second-order valence-corrected chi connectivity index (χ2v) is 5.31. The Morgan fingerprint density at radius 2 is 2.00 bits per heavy atom. The van der Waals surface area contributed by atoms with Crippen molar-refractivity contribution in [1.29, 1.82) is 0 Å². The van der Waals surface area contributed by atoms with Crippen LogP contribution in [0.15, 0.2) is 29.6 Å². The second kappa shape index (κ2) is 5.40. The molecule has 4 heteroatoms. The van der Waals surface area contributed by atoms with Gasteiger partial charge in [0, 0.05) is 23.3 Å². The monoisotopic (exact) mass is 263 g/mol. The minimum absolute atomic E-state index is 0.0287. The van der Waals surface area contributed by atoms with E-state index >= 15 is 0 Å². The summed E-state index contributed by atoms with van der Waals surface area (Å²) in [5.74, 6) is -0.0440. The number of thiazole rings is 1. The van der Waals surface area contributed by atoms with Crippen LogP contribution in [0.4, 0.5) is 4.39 Å². The predicted molar refractivity (Wildman–Crippen MR) is 71.1 cm³/mol. The molecule has 0 unspecified atom stereocenters. The first-order chi connectivity index (χ1) is 8.56. The van der Waals surface area contributed by atoms with Gasteiger partial charge in [-0.3, -0.25) is 4.79 Å². The van der Waals surface area contributed by atoms with Crippen LogP contribution in [0.5, 0.6) is 0 Å². The van der Waals surface area contributed by atoms with Crippen molar-refractivity contribution in [2.45, 2.75) is 20.3 Å². The molecule has 2 nitrogen and oxygen atoms in total. The van der Waals surface area contributed by atoms with E-state index in [1.807, 2.05) is 19.2 Å². The average Bonchev–Trinajstić information content (AvgIpc) is 2.78. The highest BCUT2D eigenvalue weighted by molar-refractivity contribution is 7.13. The number of nitrogens with zero attached hydrogens (tertiary/aromatic N) is 1. The second-order valence-electron chi connectivity index (χ2n) is 4.45. The number of carbonyl (C=O) groups is 1. The molecule has 0 aliphatic carbocycles. The van der Waals surface area contributed by atoms with Crippen LogP contribution in [-0.2, 0) is 11.2 Å². The molecule has 94 valence electrons. The number of carbonyl (C=O) groups excluding carboxylic acids is 1. The van der Waals surface area contributed by atoms with Gasteiger partial charge >= 0.3 is 0 Å². The molecule has 1 aromatic carbocycles. The van der Waals surface area contributed by atoms with E-state index in [0.29, 0.717) is 6.42 Å². The fraction of sp³-hybridized carbons (Fsp3) is 0.286. The molecule has 0 bridgehead atoms. The van der Waals surface area contributed by atoms with Crippen molar-refractivity contribution < 1.29 is 9.18 Å². The van der Waals surface area contributed by atoms with Crippen LogP contribution in [0.3, 0.4) is 0 Å². The molecule has 0 N–H and O–H groups in total. The highest BCUT2D eigenvalue weighted by Gasteiger charge is 2.11. The zero-order valence-corrected chi connectivity index (χ0v) is 11.1. The van der Waals surface area contributed by atoms with Crippen LogP contribution in [-0.4, -0.2) is 10.8 Å². The van der Waals surface area contributed by atoms with Crippen molar-refractivity contribution in [3.63, 3.8) is 0 Å². The third kappa shape index (κ3) is 3.01. The summed E-state index contributed by atoms with van der Waals surface area (Å²) >= 11 is 1.48. The Morgan fingerprint density at radius 1 is 1.33 bits per heavy atom. The minimum atomic E-state index is -0.259. The van der Waals surface area contributed by atoms with Crippen molar-refractivity contribution >= 4 is 17.1 Å². The highest BCUT2D eigenvalue weighted by atomic mass is 32.1. The maximum absolute atomic E-state index is 12.8. The Balaban J connectivity index is 2.15. The normalized spacial score (nSPS) is 10.9. The average molecular weight is 263 g/mol. The molecule has 18 heavy (non-hydrogen) atoms. The van der Waals surface area contributed by atoms with Gasteiger partial charge in [-0.15, -0.1) is 11.3 Å². The van der Waals surface area contributed by atoms with E-state index in [1.54, 1.807) is 12.1 Å². The molecular weight excluding hydrogens is 249 g/mol. The summed E-state index contributed by atoms with van der Waals surface area (Å²) in [6.45, 7) is 3.77. The van der Waals surface area contributed by atoms with Gasteiger partial charge < -0.3 is 0 Å². The number of rotatable bonds is 4. The van der Waals surface area contributed by atoms with Gasteiger partial charge in [-0.25, -0.2) is 9.37 Å². The Hall–Kier alpha value is -1.55. The zero-order valence-electron chi connectivity index (χ0n) is 10.3. The van der Waals surface area contributed by atoms with Gasteiger partial charge in [0.15, 0.2) is 0 Å². The van der Waals surface area contributed by atoms with E-state index < -0.39 is 0 Å². The van der Waals surface area contributed by atoms with Gasteiger partial charge in [0.25, 0.3) is 0 Å². The molecule has 0 fully saturated rings. The summed E-state index contributed by atoms with van der Waals surface area (Å²) < 4.78 is 12.8. The highest BCUT2D eigenvalue weighted by Crippen LogP contribution is 2.24. The Bertz CT molecular complexity index is 545. The maximum Gasteiger partial charge on any atom is 0.141 e. The first-order valence-corrected chi connectivity index (χ1v) is 6.67. The topological polar surface area (TPSA) is 30.0 Å². The molecule has 0 aliphatic heterocycles. The van der Waals surface area contributed by atoms with E-state index in [1.165, 1.54) is 23.5 Å². The zero-order chi connectivity index (χ0) is 13.1. The molecule has 1 aromatic heterocycles. The van der Waals surface area contributed by atoms with Crippen LogP contribution in [0.1, 0.15) is 19.5 Å². The fourth-order valence-corrected chi connectivity index (χ4v) is 2.32. The van der Waals surface area contributed by atoms with Crippen molar-refractivity contribution in [2.75, 3.05) is 0 Å². The third-order valence-corrected chi connectivity index (χ3v) is 3.58. The largest absolute Gasteiger partial charge is 0.299 e. The van der Waals surface area contributed by atoms with Crippen molar-refractivity contribution in [3.05, 3.63) is 41.2 Å². The summed E-state index contributed by atoms with van der Waals surface area (Å²) in [6.07, 6.45) is 0.370. The van der Waals surface area contributed by atoms with Crippen LogP contribution in [0.25, 0.3) is 10.6 Å². The molecule has 2 rings (SSSR count). The summed E-state index contributed by atoms with van der Waals surface area (Å²) in [7, 11) is 0. The number of hydrogen-bond donors (Lipinski definition) is 0. The molecule has 0 amide bonds. The van der Waals surface area contributed by atoms with E-state index in [0.717, 1.165) is 16.3 Å². The van der Waals surface area contributed by atoms with Gasteiger partial charge in [0.1, 0.15) is 16.6 Å². The first-order valence-electron chi connectivity index (χ1n) is 5.79. The van der Waals surface area contributed by atoms with Crippen LogP contribution < -0.4 is 0 Å². The first kappa shape index (κ1) is 12.9. The summed E-state index contributed by atoms with van der Waals surface area (Å²) in [4.78, 5) is 16.0. The number of ketones is 1. The smallest absolute Gasteiger partial charge is 0.141 e. The van der Waals surface area contributed by atoms with Gasteiger partial charge in [-0.1, -0.05) is 13.8 Å². The fourth-order valence-electron chi connectivity index (χ4n) is 1.50. The maximum atomic E-state index is 12.8. The molecule has 1 heterocycles. The minimum Gasteiger partial charge on any atom is -0.299 e. The standard InChI is InChI=1S/C14H14FNOS/c1-9(2)13(17)7-12-8-18-14(16-12)10-3-5-11(15)6-4-10/h3-6,8-9H,7H2,1-2H3. The molecule has 0 aliphatic rings. The van der Waals surface area contributed by atoms with Crippen LogP contribution >= 0.6 is 11.3 Å². The summed E-state index contributed by atoms with van der Waals surface area (Å²) in [5, 5.41) is 2.71. The van der Waals surface area contributed by atoms with Crippen molar-refractivity contribution in [1.82, 2.24) is 4.98 Å². The van der Waals surface area contributed by atoms with E-state index in [-0.39, 0.29) is 17.5 Å². The Morgan fingerprint density at radius 3 is 2.61 bits per heavy atom. The lowest BCUT2D eigenvalue weighted by Gasteiger charge is -2.00. The van der Waals surface area contributed by atoms with E-state index in [2.05, 4.69) is 4.98 Å². The van der Waals surface area contributed by atoms with Gasteiger partial charge in [-0.05, 0) is 24.3 Å². The Kier molecular flexibility index (Phi) is 3.87. The lowest BCUT2D eigenvalue weighted by atomic mass is 10.1. The van der Waals surface area contributed by atoms with E-state index in [9.17, 15) is 9.18 Å². The molecule has 0 spiro atoms. The molecule has 0 radical (unpaired) electrons. The number of Topliss-reactive ketones (excluding diaryl/α,β-unsaturated/α-hetero) is 1. The lowest BCUT2D eigenvalue weighted by molar-refractivity contribution is -0.121. The summed E-state index contributed by atoms with van der Waals surface area (Å²) in [6, 6.07) is 6.22. The molecular formula is C14H14FNOS. The summed E-state index contributed by atoms with van der Waals surface area (Å²) in [5.41, 5.74) is 1.67. The molecule has 0 atom stereocenters.